The van der Waals surface area contributed by atoms with Gasteiger partial charge in [0.05, 0.1) is 5.56 Å². The number of nitrogens with one attached hydrogen (secondary N) is 1. The molecule has 1 N–H and O–H groups in total. The maximum Gasteiger partial charge on any atom is 0.255 e. The Labute approximate surface area is 120 Å². The highest BCUT2D eigenvalue weighted by Gasteiger charge is 2.25. The zero-order chi connectivity index (χ0) is 12.4. The van der Waals surface area contributed by atoms with Crippen molar-refractivity contribution in [1.29, 1.82) is 0 Å². The Balaban J connectivity index is 0.00000162. The number of hydrogen-bond donors (Lipinski definition) is 1. The number of hydrogen-bond acceptors (Lipinski definition) is 2. The van der Waals surface area contributed by atoms with E-state index in [9.17, 15) is 9.18 Å². The second-order valence-corrected chi connectivity index (χ2v) is 5.04. The van der Waals surface area contributed by atoms with Crippen LogP contribution in [0.2, 0.25) is 0 Å². The van der Waals surface area contributed by atoms with Crippen molar-refractivity contribution in [3.63, 3.8) is 0 Å². The zero-order valence-corrected chi connectivity index (χ0v) is 12.4. The molecule has 1 saturated heterocycles. The van der Waals surface area contributed by atoms with Gasteiger partial charge in [-0.05, 0) is 47.1 Å². The number of carbonyl (C=O) groups excluding carboxylic acids is 1. The van der Waals surface area contributed by atoms with E-state index in [1.54, 1.807) is 18.0 Å². The summed E-state index contributed by atoms with van der Waals surface area (Å²) in [6, 6.07) is 4.35. The number of nitrogens with zero attached hydrogens (tertiary/aromatic N) is 1. The Morgan fingerprint density at radius 1 is 1.56 bits per heavy atom. The number of carbonyl (C=O) groups is 1. The molecular formula is C12H15BrClFN2O. The maximum absolute atomic E-state index is 13.1. The largest absolute Gasteiger partial charge is 0.337 e. The maximum atomic E-state index is 13.1. The first kappa shape index (κ1) is 15.4. The first-order valence-corrected chi connectivity index (χ1v) is 6.32. The molecule has 0 bridgehead atoms. The van der Waals surface area contributed by atoms with Crippen LogP contribution in [-0.2, 0) is 0 Å². The van der Waals surface area contributed by atoms with Gasteiger partial charge in [-0.25, -0.2) is 4.39 Å². The molecule has 0 aliphatic carbocycles. The Hall–Kier alpha value is -0.650. The van der Waals surface area contributed by atoms with Crippen molar-refractivity contribution >= 4 is 34.2 Å². The fraction of sp³-hybridized carbons (Fsp3) is 0.417. The van der Waals surface area contributed by atoms with Crippen LogP contribution >= 0.6 is 28.3 Å². The lowest BCUT2D eigenvalue weighted by Gasteiger charge is -2.24. The highest BCUT2D eigenvalue weighted by molar-refractivity contribution is 9.10. The monoisotopic (exact) mass is 336 g/mol. The molecule has 1 aliphatic rings. The third-order valence-electron chi connectivity index (χ3n) is 3.06. The van der Waals surface area contributed by atoms with Gasteiger partial charge in [-0.2, -0.15) is 0 Å². The molecule has 1 aromatic rings. The first-order valence-electron chi connectivity index (χ1n) is 5.52. The minimum Gasteiger partial charge on any atom is -0.337 e. The van der Waals surface area contributed by atoms with E-state index in [1.165, 1.54) is 12.1 Å². The third-order valence-corrected chi connectivity index (χ3v) is 3.75. The first-order chi connectivity index (χ1) is 8.09. The van der Waals surface area contributed by atoms with Crippen LogP contribution in [-0.4, -0.2) is 37.0 Å². The molecular weight excluding hydrogens is 322 g/mol. The van der Waals surface area contributed by atoms with Crippen molar-refractivity contribution in [3.05, 3.63) is 34.1 Å². The van der Waals surface area contributed by atoms with Gasteiger partial charge < -0.3 is 10.2 Å². The summed E-state index contributed by atoms with van der Waals surface area (Å²) in [5, 5.41) is 3.21. The molecule has 1 unspecified atom stereocenters. The smallest absolute Gasteiger partial charge is 0.255 e. The lowest BCUT2D eigenvalue weighted by molar-refractivity contribution is 0.0742. The predicted molar refractivity (Wildman–Crippen MR) is 74.7 cm³/mol. The Morgan fingerprint density at radius 3 is 2.89 bits per heavy atom. The van der Waals surface area contributed by atoms with E-state index in [-0.39, 0.29) is 24.4 Å². The average molecular weight is 338 g/mol. The number of benzene rings is 1. The van der Waals surface area contributed by atoms with E-state index in [4.69, 9.17) is 0 Å². The predicted octanol–water partition coefficient (Wildman–Crippen LogP) is 2.44. The summed E-state index contributed by atoms with van der Waals surface area (Å²) < 4.78 is 13.8. The van der Waals surface area contributed by atoms with Gasteiger partial charge in [-0.1, -0.05) is 0 Å². The van der Waals surface area contributed by atoms with E-state index in [1.807, 2.05) is 0 Å². The topological polar surface area (TPSA) is 32.3 Å². The zero-order valence-electron chi connectivity index (χ0n) is 9.95. The molecule has 100 valence electrons. The standard InChI is InChI=1S/C12H14BrFN2O.ClH/c1-16(9-4-5-15-7-9)12(17)10-6-8(14)2-3-11(10)13;/h2-3,6,9,15H,4-5,7H2,1H3;1H. The molecule has 1 atom stereocenters. The molecule has 6 heteroatoms. The van der Waals surface area contributed by atoms with E-state index < -0.39 is 5.82 Å². The molecule has 1 amide bonds. The summed E-state index contributed by atoms with van der Waals surface area (Å²) in [6.45, 7) is 1.72. The van der Waals surface area contributed by atoms with Gasteiger partial charge in [0.1, 0.15) is 5.82 Å². The van der Waals surface area contributed by atoms with Gasteiger partial charge in [0, 0.05) is 24.1 Å². The van der Waals surface area contributed by atoms with Crippen LogP contribution in [0.15, 0.2) is 22.7 Å². The number of amides is 1. The third kappa shape index (κ3) is 3.22. The normalized spacial score (nSPS) is 18.3. The lowest BCUT2D eigenvalue weighted by Crippen LogP contribution is -2.38. The van der Waals surface area contributed by atoms with Gasteiger partial charge >= 0.3 is 0 Å². The molecule has 0 radical (unpaired) electrons. The van der Waals surface area contributed by atoms with E-state index in [0.29, 0.717) is 10.0 Å². The SMILES string of the molecule is CN(C(=O)c1cc(F)ccc1Br)C1CCNC1.Cl. The van der Waals surface area contributed by atoms with E-state index in [0.717, 1.165) is 19.5 Å². The quantitative estimate of drug-likeness (QED) is 0.899. The number of halogens is 3. The van der Waals surface area contributed by atoms with Crippen molar-refractivity contribution in [2.24, 2.45) is 0 Å². The van der Waals surface area contributed by atoms with Gasteiger partial charge in [0.25, 0.3) is 5.91 Å². The number of likely N-dealkylation sites (N-methyl/N-ethyl adjacent to an activating group) is 1. The molecule has 1 heterocycles. The highest BCUT2D eigenvalue weighted by atomic mass is 79.9. The highest BCUT2D eigenvalue weighted by Crippen LogP contribution is 2.21. The van der Waals surface area contributed by atoms with Gasteiger partial charge in [0.15, 0.2) is 0 Å². The summed E-state index contributed by atoms with van der Waals surface area (Å²) in [5.74, 6) is -0.542. The van der Waals surface area contributed by atoms with Gasteiger partial charge in [0.2, 0.25) is 0 Å². The Bertz CT molecular complexity index is 438. The van der Waals surface area contributed by atoms with Crippen molar-refractivity contribution < 1.29 is 9.18 Å². The molecule has 0 saturated carbocycles. The Kier molecular flexibility index (Phi) is 5.56. The fourth-order valence-electron chi connectivity index (χ4n) is 1.99. The van der Waals surface area contributed by atoms with Crippen molar-refractivity contribution in [2.75, 3.05) is 20.1 Å². The Morgan fingerprint density at radius 2 is 2.28 bits per heavy atom. The summed E-state index contributed by atoms with van der Waals surface area (Å²) in [4.78, 5) is 13.9. The van der Waals surface area contributed by atoms with Crippen LogP contribution in [0, 0.1) is 5.82 Å². The molecule has 1 aromatic carbocycles. The second kappa shape index (κ2) is 6.50. The number of rotatable bonds is 2. The van der Waals surface area contributed by atoms with Crippen LogP contribution < -0.4 is 5.32 Å². The summed E-state index contributed by atoms with van der Waals surface area (Å²) >= 11 is 3.28. The molecule has 18 heavy (non-hydrogen) atoms. The van der Waals surface area contributed by atoms with Crippen molar-refractivity contribution in [3.8, 4) is 0 Å². The molecule has 3 nitrogen and oxygen atoms in total. The minimum atomic E-state index is -0.394. The van der Waals surface area contributed by atoms with Gasteiger partial charge in [-0.15, -0.1) is 12.4 Å². The van der Waals surface area contributed by atoms with Crippen LogP contribution in [0.4, 0.5) is 4.39 Å². The van der Waals surface area contributed by atoms with Crippen LogP contribution in [0.1, 0.15) is 16.8 Å². The van der Waals surface area contributed by atoms with Crippen LogP contribution in [0.5, 0.6) is 0 Å². The lowest BCUT2D eigenvalue weighted by atomic mass is 10.1. The molecule has 0 aromatic heterocycles. The molecule has 2 rings (SSSR count). The molecule has 0 spiro atoms. The summed E-state index contributed by atoms with van der Waals surface area (Å²) in [7, 11) is 1.76. The van der Waals surface area contributed by atoms with Crippen molar-refractivity contribution in [2.45, 2.75) is 12.5 Å². The van der Waals surface area contributed by atoms with Crippen LogP contribution in [0.25, 0.3) is 0 Å². The molecule has 1 fully saturated rings. The fourth-order valence-corrected chi connectivity index (χ4v) is 2.40. The van der Waals surface area contributed by atoms with E-state index >= 15 is 0 Å². The van der Waals surface area contributed by atoms with Gasteiger partial charge in [-0.3, -0.25) is 4.79 Å². The minimum absolute atomic E-state index is 0. The van der Waals surface area contributed by atoms with E-state index in [2.05, 4.69) is 21.2 Å². The van der Waals surface area contributed by atoms with Crippen LogP contribution in [0.3, 0.4) is 0 Å². The molecule has 1 aliphatic heterocycles. The van der Waals surface area contributed by atoms with Crippen molar-refractivity contribution in [1.82, 2.24) is 10.2 Å². The summed E-state index contributed by atoms with van der Waals surface area (Å²) in [6.07, 6.45) is 0.940. The second-order valence-electron chi connectivity index (χ2n) is 4.19. The average Bonchev–Trinajstić information content (AvgIpc) is 2.84. The summed E-state index contributed by atoms with van der Waals surface area (Å²) in [5.41, 5.74) is 0.374.